The van der Waals surface area contributed by atoms with Crippen molar-refractivity contribution in [3.63, 3.8) is 0 Å². The Kier molecular flexibility index (Phi) is 4.35. The Balaban J connectivity index is 2.46. The van der Waals surface area contributed by atoms with Crippen molar-refractivity contribution in [2.75, 3.05) is 26.2 Å². The van der Waals surface area contributed by atoms with Crippen LogP contribution in [0, 0.1) is 5.92 Å². The number of piperidine rings is 1. The summed E-state index contributed by atoms with van der Waals surface area (Å²) in [5, 5.41) is 3.38. The summed E-state index contributed by atoms with van der Waals surface area (Å²) in [6, 6.07) is 0.469. The Morgan fingerprint density at radius 2 is 2.29 bits per heavy atom. The maximum absolute atomic E-state index is 10.9. The third kappa shape index (κ3) is 3.27. The standard InChI is InChI=1S/C10H21N3O/c1-3-13(7-10(11)14)9-4-8(2)5-12-6-9/h8-9,12H,3-7H2,1-2H3,(H2,11,14). The van der Waals surface area contributed by atoms with Crippen molar-refractivity contribution >= 4 is 5.91 Å². The summed E-state index contributed by atoms with van der Waals surface area (Å²) in [5.74, 6) is 0.459. The minimum atomic E-state index is -0.231. The Hall–Kier alpha value is -0.610. The monoisotopic (exact) mass is 199 g/mol. The number of likely N-dealkylation sites (N-methyl/N-ethyl adjacent to an activating group) is 1. The van der Waals surface area contributed by atoms with Crippen molar-refractivity contribution in [3.05, 3.63) is 0 Å². The molecule has 1 amide bonds. The van der Waals surface area contributed by atoms with Gasteiger partial charge < -0.3 is 11.1 Å². The zero-order chi connectivity index (χ0) is 10.6. The van der Waals surface area contributed by atoms with Crippen LogP contribution in [-0.2, 0) is 4.79 Å². The zero-order valence-electron chi connectivity index (χ0n) is 9.12. The molecule has 1 aliphatic heterocycles. The number of hydrogen-bond donors (Lipinski definition) is 2. The number of primary amides is 1. The molecule has 0 spiro atoms. The first-order valence-electron chi connectivity index (χ1n) is 5.36. The van der Waals surface area contributed by atoms with Crippen LogP contribution in [0.4, 0.5) is 0 Å². The second-order valence-corrected chi connectivity index (χ2v) is 4.18. The van der Waals surface area contributed by atoms with Crippen LogP contribution < -0.4 is 11.1 Å². The molecule has 0 aliphatic carbocycles. The van der Waals surface area contributed by atoms with Crippen LogP contribution in [0.25, 0.3) is 0 Å². The predicted molar refractivity (Wildman–Crippen MR) is 56.9 cm³/mol. The molecule has 0 bridgehead atoms. The van der Waals surface area contributed by atoms with E-state index in [4.69, 9.17) is 5.73 Å². The highest BCUT2D eigenvalue weighted by molar-refractivity contribution is 5.75. The van der Waals surface area contributed by atoms with Crippen molar-refractivity contribution < 1.29 is 4.79 Å². The quantitative estimate of drug-likeness (QED) is 0.659. The average Bonchev–Trinajstić information content (AvgIpc) is 2.14. The topological polar surface area (TPSA) is 58.4 Å². The SMILES string of the molecule is CCN(CC(N)=O)C1CNCC(C)C1. The van der Waals surface area contributed by atoms with Crippen molar-refractivity contribution in [1.29, 1.82) is 0 Å². The Labute approximate surface area is 85.8 Å². The number of amides is 1. The van der Waals surface area contributed by atoms with Crippen LogP contribution in [0.15, 0.2) is 0 Å². The van der Waals surface area contributed by atoms with E-state index < -0.39 is 0 Å². The van der Waals surface area contributed by atoms with Crippen LogP contribution in [0.2, 0.25) is 0 Å². The summed E-state index contributed by atoms with van der Waals surface area (Å²) >= 11 is 0. The molecule has 82 valence electrons. The number of nitrogens with zero attached hydrogens (tertiary/aromatic N) is 1. The van der Waals surface area contributed by atoms with Crippen molar-refractivity contribution in [1.82, 2.24) is 10.2 Å². The second-order valence-electron chi connectivity index (χ2n) is 4.18. The summed E-state index contributed by atoms with van der Waals surface area (Å²) in [7, 11) is 0. The molecule has 1 fully saturated rings. The minimum absolute atomic E-state index is 0.231. The van der Waals surface area contributed by atoms with Crippen molar-refractivity contribution in [2.24, 2.45) is 11.7 Å². The van der Waals surface area contributed by atoms with Gasteiger partial charge in [-0.25, -0.2) is 0 Å². The molecule has 1 heterocycles. The van der Waals surface area contributed by atoms with Gasteiger partial charge in [-0.1, -0.05) is 13.8 Å². The van der Waals surface area contributed by atoms with E-state index >= 15 is 0 Å². The summed E-state index contributed by atoms with van der Waals surface area (Å²) in [4.78, 5) is 13.0. The van der Waals surface area contributed by atoms with E-state index in [2.05, 4.69) is 24.1 Å². The van der Waals surface area contributed by atoms with Crippen LogP contribution in [0.5, 0.6) is 0 Å². The Bertz CT molecular complexity index is 196. The summed E-state index contributed by atoms with van der Waals surface area (Å²) in [6.07, 6.45) is 1.16. The van der Waals surface area contributed by atoms with Gasteiger partial charge in [0.15, 0.2) is 0 Å². The lowest BCUT2D eigenvalue weighted by Gasteiger charge is -2.35. The first-order valence-corrected chi connectivity index (χ1v) is 5.36. The fraction of sp³-hybridized carbons (Fsp3) is 0.900. The van der Waals surface area contributed by atoms with E-state index in [1.165, 1.54) is 0 Å². The third-order valence-corrected chi connectivity index (χ3v) is 2.83. The summed E-state index contributed by atoms with van der Waals surface area (Å²) in [6.45, 7) is 7.65. The van der Waals surface area contributed by atoms with Gasteiger partial charge in [-0.3, -0.25) is 9.69 Å². The summed E-state index contributed by atoms with van der Waals surface area (Å²) in [5.41, 5.74) is 5.21. The highest BCUT2D eigenvalue weighted by Crippen LogP contribution is 2.14. The Morgan fingerprint density at radius 3 is 2.79 bits per heavy atom. The van der Waals surface area contributed by atoms with Crippen LogP contribution in [-0.4, -0.2) is 43.0 Å². The predicted octanol–water partition coefficient (Wildman–Crippen LogP) is -0.208. The van der Waals surface area contributed by atoms with E-state index in [1.807, 2.05) is 0 Å². The van der Waals surface area contributed by atoms with E-state index in [-0.39, 0.29) is 5.91 Å². The largest absolute Gasteiger partial charge is 0.369 e. The number of carbonyl (C=O) groups is 1. The number of carbonyl (C=O) groups excluding carboxylic acids is 1. The molecular weight excluding hydrogens is 178 g/mol. The zero-order valence-corrected chi connectivity index (χ0v) is 9.12. The van der Waals surface area contributed by atoms with Crippen LogP contribution in [0.1, 0.15) is 20.3 Å². The second kappa shape index (κ2) is 5.32. The molecule has 0 aromatic carbocycles. The molecule has 4 heteroatoms. The molecule has 1 saturated heterocycles. The minimum Gasteiger partial charge on any atom is -0.369 e. The van der Waals surface area contributed by atoms with E-state index in [0.717, 1.165) is 26.1 Å². The van der Waals surface area contributed by atoms with Gasteiger partial charge in [0.25, 0.3) is 0 Å². The molecule has 2 atom stereocenters. The molecular formula is C10H21N3O. The van der Waals surface area contributed by atoms with Crippen molar-refractivity contribution in [3.8, 4) is 0 Å². The van der Waals surface area contributed by atoms with Gasteiger partial charge >= 0.3 is 0 Å². The molecule has 0 aromatic heterocycles. The number of nitrogens with one attached hydrogen (secondary N) is 1. The molecule has 1 aliphatic rings. The molecule has 0 aromatic rings. The van der Waals surface area contributed by atoms with Gasteiger partial charge in [0.2, 0.25) is 5.91 Å². The van der Waals surface area contributed by atoms with Gasteiger partial charge in [0.1, 0.15) is 0 Å². The van der Waals surface area contributed by atoms with E-state index in [0.29, 0.717) is 18.5 Å². The maximum Gasteiger partial charge on any atom is 0.231 e. The summed E-state index contributed by atoms with van der Waals surface area (Å²) < 4.78 is 0. The lowest BCUT2D eigenvalue weighted by atomic mass is 9.96. The van der Waals surface area contributed by atoms with Gasteiger partial charge in [0.05, 0.1) is 6.54 Å². The van der Waals surface area contributed by atoms with E-state index in [1.54, 1.807) is 0 Å². The molecule has 0 radical (unpaired) electrons. The number of nitrogens with two attached hydrogens (primary N) is 1. The molecule has 0 saturated carbocycles. The first-order chi connectivity index (χ1) is 6.63. The molecule has 2 unspecified atom stereocenters. The fourth-order valence-corrected chi connectivity index (χ4v) is 2.10. The van der Waals surface area contributed by atoms with Crippen LogP contribution in [0.3, 0.4) is 0 Å². The third-order valence-electron chi connectivity index (χ3n) is 2.83. The van der Waals surface area contributed by atoms with Gasteiger partial charge in [-0.05, 0) is 25.4 Å². The van der Waals surface area contributed by atoms with Crippen molar-refractivity contribution in [2.45, 2.75) is 26.3 Å². The molecule has 14 heavy (non-hydrogen) atoms. The average molecular weight is 199 g/mol. The van der Waals surface area contributed by atoms with Gasteiger partial charge in [-0.15, -0.1) is 0 Å². The van der Waals surface area contributed by atoms with Gasteiger partial charge in [0, 0.05) is 12.6 Å². The molecule has 3 N–H and O–H groups in total. The normalized spacial score (nSPS) is 27.9. The maximum atomic E-state index is 10.9. The lowest BCUT2D eigenvalue weighted by molar-refractivity contribution is -0.119. The van der Waals surface area contributed by atoms with Crippen LogP contribution >= 0.6 is 0 Å². The fourth-order valence-electron chi connectivity index (χ4n) is 2.10. The lowest BCUT2D eigenvalue weighted by Crippen LogP contribution is -2.50. The van der Waals surface area contributed by atoms with E-state index in [9.17, 15) is 4.79 Å². The number of hydrogen-bond acceptors (Lipinski definition) is 3. The van der Waals surface area contributed by atoms with Gasteiger partial charge in [-0.2, -0.15) is 0 Å². The smallest absolute Gasteiger partial charge is 0.231 e. The first kappa shape index (κ1) is 11.5. The molecule has 1 rings (SSSR count). The highest BCUT2D eigenvalue weighted by atomic mass is 16.1. The molecule has 4 nitrogen and oxygen atoms in total. The Morgan fingerprint density at radius 1 is 1.57 bits per heavy atom. The highest BCUT2D eigenvalue weighted by Gasteiger charge is 2.24. The number of rotatable bonds is 4.